The molecule has 2 N–H and O–H groups in total. The molecule has 1 aliphatic carbocycles. The maximum absolute atomic E-state index is 11.0. The number of hydrogen-bond acceptors (Lipinski definition) is 6. The normalized spacial score (nSPS) is 22.0. The molecule has 8 nitrogen and oxygen atoms in total. The lowest BCUT2D eigenvalue weighted by Crippen LogP contribution is -2.44. The Hall–Kier alpha value is -2.61. The van der Waals surface area contributed by atoms with Crippen LogP contribution in [0.15, 0.2) is 18.3 Å². The fourth-order valence-electron chi connectivity index (χ4n) is 4.98. The van der Waals surface area contributed by atoms with Gasteiger partial charge in [0, 0.05) is 36.6 Å². The van der Waals surface area contributed by atoms with E-state index in [4.69, 9.17) is 14.6 Å². The van der Waals surface area contributed by atoms with Crippen LogP contribution in [0.5, 0.6) is 5.75 Å². The number of aryl methyl sites for hydroxylation is 1. The zero-order valence-corrected chi connectivity index (χ0v) is 19.3. The highest BCUT2D eigenvalue weighted by atomic mass is 16.5. The number of hydrogen-bond donors (Lipinski definition) is 2. The van der Waals surface area contributed by atoms with Crippen LogP contribution in [-0.2, 0) is 4.74 Å². The summed E-state index contributed by atoms with van der Waals surface area (Å²) < 4.78 is 12.0. The molecule has 0 unspecified atom stereocenters. The van der Waals surface area contributed by atoms with Crippen molar-refractivity contribution in [3.05, 3.63) is 24.2 Å². The summed E-state index contributed by atoms with van der Waals surface area (Å²) >= 11 is 0. The van der Waals surface area contributed by atoms with Gasteiger partial charge in [0.25, 0.3) is 0 Å². The molecule has 0 radical (unpaired) electrons. The molecule has 1 amide bonds. The predicted molar refractivity (Wildman–Crippen MR) is 124 cm³/mol. The fourth-order valence-corrected chi connectivity index (χ4v) is 4.98. The minimum absolute atomic E-state index is 0.145. The number of carbonyl (C=O) groups is 1. The first-order chi connectivity index (χ1) is 15.3. The summed E-state index contributed by atoms with van der Waals surface area (Å²) in [7, 11) is 0. The molecular weight excluding hydrogens is 408 g/mol. The molecular formula is C24H34N4O4. The molecule has 0 atom stereocenters. The van der Waals surface area contributed by atoms with Crippen LogP contribution in [0.4, 0.5) is 10.5 Å². The van der Waals surface area contributed by atoms with Crippen LogP contribution in [0.3, 0.4) is 0 Å². The van der Waals surface area contributed by atoms with E-state index < -0.39 is 11.6 Å². The molecule has 2 heterocycles. The van der Waals surface area contributed by atoms with E-state index in [9.17, 15) is 4.79 Å². The zero-order valence-electron chi connectivity index (χ0n) is 19.3. The third-order valence-electron chi connectivity index (χ3n) is 6.48. The quantitative estimate of drug-likeness (QED) is 0.694. The molecule has 1 aromatic carbocycles. The van der Waals surface area contributed by atoms with E-state index in [1.807, 2.05) is 27.0 Å². The van der Waals surface area contributed by atoms with Crippen molar-refractivity contribution in [2.45, 2.75) is 64.5 Å². The van der Waals surface area contributed by atoms with Gasteiger partial charge in [-0.2, -0.15) is 0 Å². The van der Waals surface area contributed by atoms with Crippen molar-refractivity contribution >= 4 is 22.7 Å². The predicted octanol–water partition coefficient (Wildman–Crippen LogP) is 4.15. The van der Waals surface area contributed by atoms with Gasteiger partial charge in [-0.15, -0.1) is 0 Å². The molecule has 0 bridgehead atoms. The smallest absolute Gasteiger partial charge is 0.405 e. The molecule has 2 fully saturated rings. The minimum Gasteiger partial charge on any atom is -0.490 e. The lowest BCUT2D eigenvalue weighted by molar-refractivity contribution is 0.117. The Morgan fingerprint density at radius 3 is 2.66 bits per heavy atom. The van der Waals surface area contributed by atoms with Gasteiger partial charge in [0.05, 0.1) is 30.2 Å². The van der Waals surface area contributed by atoms with Crippen LogP contribution in [0.2, 0.25) is 0 Å². The van der Waals surface area contributed by atoms with Crippen molar-refractivity contribution in [1.29, 1.82) is 0 Å². The lowest BCUT2D eigenvalue weighted by Gasteiger charge is -2.35. The van der Waals surface area contributed by atoms with Gasteiger partial charge in [0.1, 0.15) is 11.6 Å². The molecule has 2 aliphatic rings. The monoisotopic (exact) mass is 442 g/mol. The first-order valence-corrected chi connectivity index (χ1v) is 11.6. The molecule has 0 spiro atoms. The fraction of sp³-hybridized carbons (Fsp3) is 0.625. The van der Waals surface area contributed by atoms with Crippen LogP contribution in [0.25, 0.3) is 10.9 Å². The molecule has 2 aromatic rings. The van der Waals surface area contributed by atoms with Crippen molar-refractivity contribution in [2.75, 3.05) is 31.2 Å². The molecule has 1 aromatic heterocycles. The number of amides is 1. The first-order valence-electron chi connectivity index (χ1n) is 11.6. The van der Waals surface area contributed by atoms with Gasteiger partial charge in [-0.3, -0.25) is 0 Å². The van der Waals surface area contributed by atoms with Gasteiger partial charge >= 0.3 is 6.09 Å². The zero-order chi connectivity index (χ0) is 22.7. The van der Waals surface area contributed by atoms with Gasteiger partial charge in [-0.25, -0.2) is 14.8 Å². The maximum Gasteiger partial charge on any atom is 0.405 e. The van der Waals surface area contributed by atoms with Gasteiger partial charge < -0.3 is 24.8 Å². The van der Waals surface area contributed by atoms with Crippen LogP contribution in [0.1, 0.15) is 51.8 Å². The topological polar surface area (TPSA) is 96.8 Å². The number of rotatable bonds is 6. The van der Waals surface area contributed by atoms with Crippen LogP contribution >= 0.6 is 0 Å². The van der Waals surface area contributed by atoms with Crippen LogP contribution < -0.4 is 15.0 Å². The standard InChI is InChI=1S/C24H34N4O4/c1-16-25-15-20-21(26-16)12-18(28-8-10-31-11-9-28)13-22(20)32-19-6-4-17(5-7-19)14-24(2,3)27-23(29)30/h12-13,15,17,19,27H,4-11,14H2,1-3H3,(H,29,30). The summed E-state index contributed by atoms with van der Waals surface area (Å²) in [5, 5.41) is 12.6. The number of morpholine rings is 1. The Kier molecular flexibility index (Phi) is 6.69. The van der Waals surface area contributed by atoms with E-state index in [2.05, 4.69) is 32.3 Å². The van der Waals surface area contributed by atoms with E-state index in [1.165, 1.54) is 0 Å². The number of nitrogens with one attached hydrogen (secondary N) is 1. The molecule has 1 saturated heterocycles. The molecule has 32 heavy (non-hydrogen) atoms. The minimum atomic E-state index is -0.962. The Morgan fingerprint density at radius 2 is 1.97 bits per heavy atom. The number of nitrogens with zero attached hydrogens (tertiary/aromatic N) is 3. The molecule has 1 saturated carbocycles. The third-order valence-corrected chi connectivity index (χ3v) is 6.48. The van der Waals surface area contributed by atoms with Gasteiger partial charge in [-0.05, 0) is 64.9 Å². The Labute approximate surface area is 189 Å². The molecule has 8 heteroatoms. The van der Waals surface area contributed by atoms with Crippen molar-refractivity contribution in [2.24, 2.45) is 5.92 Å². The van der Waals surface area contributed by atoms with Gasteiger partial charge in [-0.1, -0.05) is 0 Å². The van der Waals surface area contributed by atoms with Gasteiger partial charge in [0.2, 0.25) is 0 Å². The molecule has 4 rings (SSSR count). The summed E-state index contributed by atoms with van der Waals surface area (Å²) in [6, 6.07) is 4.24. The third kappa shape index (κ3) is 5.59. The van der Waals surface area contributed by atoms with Crippen molar-refractivity contribution in [3.63, 3.8) is 0 Å². The SMILES string of the molecule is Cc1ncc2c(OC3CCC(CC(C)(C)NC(=O)O)CC3)cc(N3CCOCC3)cc2n1. The molecule has 174 valence electrons. The maximum atomic E-state index is 11.0. The van der Waals surface area contributed by atoms with E-state index >= 15 is 0 Å². The Bertz CT molecular complexity index is 950. The number of aromatic nitrogens is 2. The van der Waals surface area contributed by atoms with Crippen molar-refractivity contribution in [1.82, 2.24) is 15.3 Å². The second kappa shape index (κ2) is 9.48. The summed E-state index contributed by atoms with van der Waals surface area (Å²) in [5.41, 5.74) is 1.61. The van der Waals surface area contributed by atoms with Crippen molar-refractivity contribution < 1.29 is 19.4 Å². The number of fused-ring (bicyclic) bond motifs is 1. The summed E-state index contributed by atoms with van der Waals surface area (Å²) in [5.74, 6) is 2.10. The van der Waals surface area contributed by atoms with E-state index in [0.29, 0.717) is 5.92 Å². The average Bonchev–Trinajstić information content (AvgIpc) is 2.74. The van der Waals surface area contributed by atoms with Crippen LogP contribution in [0, 0.1) is 12.8 Å². The van der Waals surface area contributed by atoms with Crippen molar-refractivity contribution in [3.8, 4) is 5.75 Å². The van der Waals surface area contributed by atoms with E-state index in [-0.39, 0.29) is 6.10 Å². The van der Waals surface area contributed by atoms with Crippen LogP contribution in [-0.4, -0.2) is 59.1 Å². The second-order valence-corrected chi connectivity index (χ2v) is 9.67. The second-order valence-electron chi connectivity index (χ2n) is 9.67. The number of benzene rings is 1. The van der Waals surface area contributed by atoms with E-state index in [0.717, 1.165) is 86.6 Å². The largest absolute Gasteiger partial charge is 0.490 e. The van der Waals surface area contributed by atoms with Gasteiger partial charge in [0.15, 0.2) is 0 Å². The highest BCUT2D eigenvalue weighted by molar-refractivity contribution is 5.88. The Balaban J connectivity index is 1.46. The highest BCUT2D eigenvalue weighted by Crippen LogP contribution is 2.36. The number of ether oxygens (including phenoxy) is 2. The van der Waals surface area contributed by atoms with E-state index in [1.54, 1.807) is 0 Å². The number of anilines is 1. The summed E-state index contributed by atoms with van der Waals surface area (Å²) in [6.07, 6.45) is 5.88. The summed E-state index contributed by atoms with van der Waals surface area (Å²) in [4.78, 5) is 22.4. The summed E-state index contributed by atoms with van der Waals surface area (Å²) in [6.45, 7) is 9.00. The average molecular weight is 443 g/mol. The molecule has 1 aliphatic heterocycles. The Morgan fingerprint density at radius 1 is 1.25 bits per heavy atom. The lowest BCUT2D eigenvalue weighted by atomic mass is 9.80. The highest BCUT2D eigenvalue weighted by Gasteiger charge is 2.29. The first kappa shape index (κ1) is 22.6. The number of carboxylic acid groups (broad SMARTS) is 1.